The fraction of sp³-hybridized carbons (Fsp3) is 0.393. The van der Waals surface area contributed by atoms with Crippen LogP contribution in [0.25, 0.3) is 11.1 Å². The van der Waals surface area contributed by atoms with E-state index in [1.165, 1.54) is 7.11 Å². The predicted octanol–water partition coefficient (Wildman–Crippen LogP) is 1.07. The summed E-state index contributed by atoms with van der Waals surface area (Å²) in [5.41, 5.74) is 4.74. The zero-order valence-electron chi connectivity index (χ0n) is 21.2. The molecule has 4 N–H and O–H groups in total. The normalized spacial score (nSPS) is 28.3. The van der Waals surface area contributed by atoms with Gasteiger partial charge in [0.05, 0.1) is 18.6 Å². The van der Waals surface area contributed by atoms with Crippen molar-refractivity contribution < 1.29 is 38.9 Å². The van der Waals surface area contributed by atoms with E-state index in [0.29, 0.717) is 28.1 Å². The molecule has 2 aromatic rings. The molecule has 3 aliphatic carbocycles. The number of hydrogen-bond donors (Lipinski definition) is 3. The van der Waals surface area contributed by atoms with Gasteiger partial charge in [-0.3, -0.25) is 24.0 Å². The maximum Gasteiger partial charge on any atom is 0.235 e. The van der Waals surface area contributed by atoms with E-state index in [-0.39, 0.29) is 30.6 Å². The first kappa shape index (κ1) is 25.6. The van der Waals surface area contributed by atoms with E-state index in [9.17, 15) is 34.2 Å². The van der Waals surface area contributed by atoms with Gasteiger partial charge in [-0.2, -0.15) is 0 Å². The summed E-state index contributed by atoms with van der Waals surface area (Å²) in [7, 11) is 5.13. The summed E-state index contributed by atoms with van der Waals surface area (Å²) >= 11 is 0. The molecule has 5 atom stereocenters. The highest BCUT2D eigenvalue weighted by Gasteiger charge is 2.66. The van der Waals surface area contributed by atoms with E-state index in [1.807, 2.05) is 4.90 Å². The third-order valence-corrected chi connectivity index (χ3v) is 8.26. The second-order valence-corrected chi connectivity index (χ2v) is 10.5. The number of primary amides is 1. The van der Waals surface area contributed by atoms with Crippen molar-refractivity contribution >= 4 is 34.7 Å². The quantitative estimate of drug-likeness (QED) is 0.500. The van der Waals surface area contributed by atoms with Gasteiger partial charge in [0.2, 0.25) is 5.91 Å². The zero-order valence-corrected chi connectivity index (χ0v) is 21.2. The number of carbonyl (C=O) groups excluding carboxylic acids is 5. The van der Waals surface area contributed by atoms with Crippen LogP contribution in [0.1, 0.15) is 28.8 Å². The molecule has 10 heteroatoms. The summed E-state index contributed by atoms with van der Waals surface area (Å²) in [6.07, 6.45) is -0.0986. The van der Waals surface area contributed by atoms with Crippen LogP contribution in [0.5, 0.6) is 11.5 Å². The Morgan fingerprint density at radius 2 is 1.74 bits per heavy atom. The Hall–Kier alpha value is -4.05. The van der Waals surface area contributed by atoms with E-state index in [1.54, 1.807) is 44.4 Å². The molecule has 3 aliphatic rings. The number of nitrogens with two attached hydrogens (primary N) is 1. The van der Waals surface area contributed by atoms with Crippen LogP contribution in [-0.2, 0) is 25.6 Å². The topological polar surface area (TPSA) is 164 Å². The van der Waals surface area contributed by atoms with Crippen LogP contribution in [-0.4, -0.2) is 66.1 Å². The van der Waals surface area contributed by atoms with Gasteiger partial charge < -0.3 is 25.6 Å². The molecule has 0 spiro atoms. The van der Waals surface area contributed by atoms with Crippen LogP contribution in [0.2, 0.25) is 0 Å². The van der Waals surface area contributed by atoms with Crippen molar-refractivity contribution in [1.29, 1.82) is 0 Å². The second kappa shape index (κ2) is 8.76. The maximum absolute atomic E-state index is 13.9. The van der Waals surface area contributed by atoms with Gasteiger partial charge in [0.15, 0.2) is 34.7 Å². The zero-order chi connectivity index (χ0) is 27.7. The Morgan fingerprint density at radius 3 is 2.32 bits per heavy atom. The number of anilines is 1. The standard InChI is InChI=1S/C28H28N2O8/c1-30(2)18-11-16(12-4-6-15(38-3)7-5-12)23(32)21-17(18)9-13-8-14-10-19(31)22(27(29)36)26(35)28(14,37)25(34)20(13)24(21)33/h4-7,11,13-14,20,22,32,37H,8-10H2,1-3H3,(H2,29,36)/t13-,14+,20?,22?,28+/m1/s1. The minimum atomic E-state index is -2.67. The lowest BCUT2D eigenvalue weighted by Crippen LogP contribution is -2.68. The summed E-state index contributed by atoms with van der Waals surface area (Å²) in [5.74, 6) is -9.68. The molecule has 2 fully saturated rings. The summed E-state index contributed by atoms with van der Waals surface area (Å²) in [5, 5.41) is 22.7. The molecule has 1 amide bonds. The average molecular weight is 521 g/mol. The number of fused-ring (bicyclic) bond motifs is 3. The lowest BCUT2D eigenvalue weighted by molar-refractivity contribution is -0.175. The predicted molar refractivity (Wildman–Crippen MR) is 135 cm³/mol. The van der Waals surface area contributed by atoms with Crippen LogP contribution >= 0.6 is 0 Å². The van der Waals surface area contributed by atoms with Gasteiger partial charge in [-0.25, -0.2) is 0 Å². The summed E-state index contributed by atoms with van der Waals surface area (Å²) < 4.78 is 5.20. The molecule has 0 saturated heterocycles. The lowest BCUT2D eigenvalue weighted by Gasteiger charge is -2.48. The van der Waals surface area contributed by atoms with Gasteiger partial charge in [0.1, 0.15) is 11.5 Å². The van der Waals surface area contributed by atoms with Crippen LogP contribution in [0.3, 0.4) is 0 Å². The lowest BCUT2D eigenvalue weighted by atomic mass is 9.53. The molecule has 38 heavy (non-hydrogen) atoms. The number of ketones is 4. The largest absolute Gasteiger partial charge is 0.507 e. The van der Waals surface area contributed by atoms with Crippen molar-refractivity contribution in [3.05, 3.63) is 41.5 Å². The van der Waals surface area contributed by atoms with E-state index < -0.39 is 58.3 Å². The van der Waals surface area contributed by atoms with Crippen LogP contribution in [0, 0.1) is 23.7 Å². The van der Waals surface area contributed by atoms with Crippen molar-refractivity contribution in [1.82, 2.24) is 0 Å². The number of phenols is 1. The van der Waals surface area contributed by atoms with Crippen molar-refractivity contribution in [2.75, 3.05) is 26.1 Å². The molecule has 0 heterocycles. The number of rotatable bonds is 4. The minimum absolute atomic E-state index is 0.0375. The number of carbonyl (C=O) groups is 5. The Kier molecular flexibility index (Phi) is 5.90. The Labute approximate surface area is 218 Å². The van der Waals surface area contributed by atoms with Crippen molar-refractivity contribution in [3.8, 4) is 22.6 Å². The molecule has 2 aromatic carbocycles. The monoisotopic (exact) mass is 520 g/mol. The Morgan fingerprint density at radius 1 is 1.08 bits per heavy atom. The molecule has 5 rings (SSSR count). The molecule has 0 aliphatic heterocycles. The SMILES string of the molecule is COc1ccc(-c2cc(N(C)C)c3c(c2O)C(=O)C2C(=O)[C@]4(O)C(=O)C(C(N)=O)C(=O)C[C@@H]4C[C@@H]2C3)cc1. The van der Waals surface area contributed by atoms with Crippen molar-refractivity contribution in [3.63, 3.8) is 0 Å². The first-order valence-electron chi connectivity index (χ1n) is 12.3. The number of Topliss-reactive ketones (excluding diaryl/α,β-unsaturated/α-hetero) is 4. The number of benzene rings is 2. The van der Waals surface area contributed by atoms with Crippen molar-refractivity contribution in [2.24, 2.45) is 29.4 Å². The van der Waals surface area contributed by atoms with Gasteiger partial charge in [0.25, 0.3) is 0 Å². The van der Waals surface area contributed by atoms with Gasteiger partial charge in [-0.15, -0.1) is 0 Å². The minimum Gasteiger partial charge on any atom is -0.507 e. The number of ether oxygens (including phenoxy) is 1. The second-order valence-electron chi connectivity index (χ2n) is 10.5. The van der Waals surface area contributed by atoms with E-state index in [0.717, 1.165) is 0 Å². The maximum atomic E-state index is 13.9. The van der Waals surface area contributed by atoms with Crippen LogP contribution in [0.4, 0.5) is 5.69 Å². The summed E-state index contributed by atoms with van der Waals surface area (Å²) in [6, 6.07) is 8.67. The van der Waals surface area contributed by atoms with Crippen LogP contribution < -0.4 is 15.4 Å². The number of phenolic OH excluding ortho intramolecular Hbond substituents is 1. The highest BCUT2D eigenvalue weighted by atomic mass is 16.5. The first-order valence-corrected chi connectivity index (χ1v) is 12.3. The van der Waals surface area contributed by atoms with E-state index in [2.05, 4.69) is 0 Å². The van der Waals surface area contributed by atoms with E-state index in [4.69, 9.17) is 10.5 Å². The Bertz CT molecular complexity index is 1410. The molecule has 2 saturated carbocycles. The third kappa shape index (κ3) is 3.47. The molecular weight excluding hydrogens is 492 g/mol. The highest BCUT2D eigenvalue weighted by Crippen LogP contribution is 2.52. The third-order valence-electron chi connectivity index (χ3n) is 8.26. The number of hydrogen-bond acceptors (Lipinski definition) is 9. The average Bonchev–Trinajstić information content (AvgIpc) is 2.86. The fourth-order valence-corrected chi connectivity index (χ4v) is 6.40. The van der Waals surface area contributed by atoms with Gasteiger partial charge >= 0.3 is 0 Å². The van der Waals surface area contributed by atoms with Crippen LogP contribution in [0.15, 0.2) is 30.3 Å². The molecule has 0 aromatic heterocycles. The fourth-order valence-electron chi connectivity index (χ4n) is 6.40. The summed E-state index contributed by atoms with van der Waals surface area (Å²) in [4.78, 5) is 66.9. The van der Waals surface area contributed by atoms with E-state index >= 15 is 0 Å². The Balaban J connectivity index is 1.64. The number of nitrogens with zero attached hydrogens (tertiary/aromatic N) is 1. The van der Waals surface area contributed by atoms with Gasteiger partial charge in [0, 0.05) is 37.7 Å². The molecule has 2 unspecified atom stereocenters. The van der Waals surface area contributed by atoms with Gasteiger partial charge in [-0.1, -0.05) is 12.1 Å². The molecule has 198 valence electrons. The molecule has 10 nitrogen and oxygen atoms in total. The number of methoxy groups -OCH3 is 1. The van der Waals surface area contributed by atoms with Gasteiger partial charge in [-0.05, 0) is 48.1 Å². The number of aliphatic hydroxyl groups is 1. The first-order chi connectivity index (χ1) is 17.9. The molecule has 0 bridgehead atoms. The highest BCUT2D eigenvalue weighted by molar-refractivity contribution is 6.31. The number of aromatic hydroxyl groups is 1. The molecular formula is C28H28N2O8. The summed E-state index contributed by atoms with van der Waals surface area (Å²) in [6.45, 7) is 0. The molecule has 0 radical (unpaired) electrons. The van der Waals surface area contributed by atoms with Crippen molar-refractivity contribution in [2.45, 2.75) is 24.9 Å². The smallest absolute Gasteiger partial charge is 0.235 e. The number of amides is 1.